The molecule has 0 radical (unpaired) electrons. The Kier molecular flexibility index (Phi) is 3.41. The Balaban J connectivity index is 1.76. The smallest absolute Gasteiger partial charge is 0.337 e. The van der Waals surface area contributed by atoms with Crippen LogP contribution in [0.5, 0.6) is 0 Å². The van der Waals surface area contributed by atoms with Gasteiger partial charge < -0.3 is 10.1 Å². The van der Waals surface area contributed by atoms with Crippen LogP contribution >= 0.6 is 0 Å². The summed E-state index contributed by atoms with van der Waals surface area (Å²) in [6, 6.07) is 16.7. The molecule has 3 atom stereocenters. The number of hydrogen-bond donors (Lipinski definition) is 1. The Morgan fingerprint density at radius 2 is 2.00 bits per heavy atom. The third-order valence-corrected chi connectivity index (χ3v) is 4.94. The lowest BCUT2D eigenvalue weighted by molar-refractivity contribution is 0.0600. The fraction of sp³-hybridized carbons (Fsp3) is 0.250. The molecule has 116 valence electrons. The largest absolute Gasteiger partial charge is 0.465 e. The highest BCUT2D eigenvalue weighted by Crippen LogP contribution is 2.49. The van der Waals surface area contributed by atoms with Crippen molar-refractivity contribution >= 4 is 11.7 Å². The highest BCUT2D eigenvalue weighted by atomic mass is 16.5. The lowest BCUT2D eigenvalue weighted by Gasteiger charge is -2.37. The van der Waals surface area contributed by atoms with Crippen molar-refractivity contribution in [2.75, 3.05) is 12.4 Å². The average Bonchev–Trinajstić information content (AvgIpc) is 3.10. The van der Waals surface area contributed by atoms with E-state index in [-0.39, 0.29) is 5.97 Å². The third-order valence-electron chi connectivity index (χ3n) is 4.94. The number of hydrogen-bond acceptors (Lipinski definition) is 3. The van der Waals surface area contributed by atoms with Crippen molar-refractivity contribution in [3.63, 3.8) is 0 Å². The zero-order valence-corrected chi connectivity index (χ0v) is 13.0. The summed E-state index contributed by atoms with van der Waals surface area (Å²) in [5, 5.41) is 3.68. The third kappa shape index (κ3) is 2.33. The van der Waals surface area contributed by atoms with Crippen molar-refractivity contribution in [1.29, 1.82) is 0 Å². The maximum atomic E-state index is 11.8. The molecular formula is C20H19NO2. The van der Waals surface area contributed by atoms with Crippen LogP contribution in [0.15, 0.2) is 60.7 Å². The quantitative estimate of drug-likeness (QED) is 0.664. The first-order valence-corrected chi connectivity index (χ1v) is 7.98. The molecule has 0 amide bonds. The summed E-state index contributed by atoms with van der Waals surface area (Å²) in [6.07, 6.45) is 5.59. The second kappa shape index (κ2) is 5.58. The average molecular weight is 305 g/mol. The van der Waals surface area contributed by atoms with E-state index in [1.165, 1.54) is 18.2 Å². The second-order valence-corrected chi connectivity index (χ2v) is 6.18. The number of fused-ring (bicyclic) bond motifs is 3. The van der Waals surface area contributed by atoms with Gasteiger partial charge in [-0.15, -0.1) is 0 Å². The van der Waals surface area contributed by atoms with Crippen LogP contribution in [0.4, 0.5) is 5.69 Å². The standard InChI is InChI=1S/C20H19NO2/c1-23-20(22)14-10-11-18-17(12-14)15-8-5-9-16(15)19(21-18)13-6-3-2-4-7-13/h2-8,10-12,15-16,19,21H,9H2,1H3/t15-,16-,19-/m1/s1. The maximum Gasteiger partial charge on any atom is 0.337 e. The van der Waals surface area contributed by atoms with Gasteiger partial charge in [-0.2, -0.15) is 0 Å². The van der Waals surface area contributed by atoms with Crippen LogP contribution in [-0.4, -0.2) is 13.1 Å². The van der Waals surface area contributed by atoms with Gasteiger partial charge in [-0.3, -0.25) is 0 Å². The van der Waals surface area contributed by atoms with E-state index < -0.39 is 0 Å². The van der Waals surface area contributed by atoms with E-state index >= 15 is 0 Å². The van der Waals surface area contributed by atoms with Crippen LogP contribution in [0.1, 0.15) is 39.9 Å². The summed E-state index contributed by atoms with van der Waals surface area (Å²) in [6.45, 7) is 0. The molecule has 2 aliphatic rings. The molecule has 0 unspecified atom stereocenters. The van der Waals surface area contributed by atoms with E-state index in [1.54, 1.807) is 0 Å². The second-order valence-electron chi connectivity index (χ2n) is 6.18. The lowest BCUT2D eigenvalue weighted by atomic mass is 9.76. The fourth-order valence-corrected chi connectivity index (χ4v) is 3.83. The summed E-state index contributed by atoms with van der Waals surface area (Å²) in [5.41, 5.74) is 4.23. The minimum atomic E-state index is -0.281. The monoisotopic (exact) mass is 305 g/mol. The number of ether oxygens (including phenoxy) is 1. The van der Waals surface area contributed by atoms with Gasteiger partial charge in [0.25, 0.3) is 0 Å². The molecule has 2 aromatic carbocycles. The van der Waals surface area contributed by atoms with Gasteiger partial charge in [0.15, 0.2) is 0 Å². The van der Waals surface area contributed by atoms with Gasteiger partial charge in [0.05, 0.1) is 18.7 Å². The summed E-state index contributed by atoms with van der Waals surface area (Å²) in [7, 11) is 1.42. The van der Waals surface area contributed by atoms with Crippen molar-refractivity contribution in [2.24, 2.45) is 5.92 Å². The van der Waals surface area contributed by atoms with Gasteiger partial charge >= 0.3 is 5.97 Å². The molecule has 1 aliphatic heterocycles. The van der Waals surface area contributed by atoms with Crippen molar-refractivity contribution in [2.45, 2.75) is 18.4 Å². The maximum absolute atomic E-state index is 11.8. The normalized spacial score (nSPS) is 24.5. The van der Waals surface area contributed by atoms with Gasteiger partial charge in [0.1, 0.15) is 0 Å². The first-order chi connectivity index (χ1) is 11.3. The molecule has 0 bridgehead atoms. The predicted molar refractivity (Wildman–Crippen MR) is 90.6 cm³/mol. The topological polar surface area (TPSA) is 38.3 Å². The number of allylic oxidation sites excluding steroid dienone is 2. The molecule has 0 saturated heterocycles. The van der Waals surface area contributed by atoms with Crippen LogP contribution in [0.2, 0.25) is 0 Å². The predicted octanol–water partition coefficient (Wildman–Crippen LogP) is 4.30. The van der Waals surface area contributed by atoms with Crippen LogP contribution < -0.4 is 5.32 Å². The van der Waals surface area contributed by atoms with Crippen LogP contribution in [-0.2, 0) is 4.74 Å². The Morgan fingerprint density at radius 1 is 1.17 bits per heavy atom. The zero-order valence-electron chi connectivity index (χ0n) is 13.0. The van der Waals surface area contributed by atoms with Gasteiger partial charge in [-0.1, -0.05) is 42.5 Å². The van der Waals surface area contributed by atoms with Crippen molar-refractivity contribution in [1.82, 2.24) is 0 Å². The molecule has 1 heterocycles. The van der Waals surface area contributed by atoms with Crippen molar-refractivity contribution < 1.29 is 9.53 Å². The molecule has 2 aromatic rings. The molecule has 0 aromatic heterocycles. The summed E-state index contributed by atoms with van der Waals surface area (Å²) >= 11 is 0. The number of nitrogens with one attached hydrogen (secondary N) is 1. The lowest BCUT2D eigenvalue weighted by Crippen LogP contribution is -2.29. The number of anilines is 1. The Morgan fingerprint density at radius 3 is 2.78 bits per heavy atom. The Hall–Kier alpha value is -2.55. The van der Waals surface area contributed by atoms with Gasteiger partial charge in [0, 0.05) is 11.6 Å². The first-order valence-electron chi connectivity index (χ1n) is 7.98. The molecule has 1 N–H and O–H groups in total. The highest BCUT2D eigenvalue weighted by Gasteiger charge is 2.38. The van der Waals surface area contributed by atoms with E-state index in [0.29, 0.717) is 23.4 Å². The first kappa shape index (κ1) is 14.1. The summed E-state index contributed by atoms with van der Waals surface area (Å²) in [4.78, 5) is 11.8. The molecule has 1 aliphatic carbocycles. The van der Waals surface area contributed by atoms with Crippen LogP contribution in [0, 0.1) is 5.92 Å². The van der Waals surface area contributed by atoms with E-state index in [2.05, 4.69) is 41.7 Å². The number of carbonyl (C=O) groups excluding carboxylic acids is 1. The number of esters is 1. The Bertz CT molecular complexity index is 766. The molecular weight excluding hydrogens is 286 g/mol. The van der Waals surface area contributed by atoms with Gasteiger partial charge in [-0.05, 0) is 41.7 Å². The van der Waals surface area contributed by atoms with Crippen LogP contribution in [0.3, 0.4) is 0 Å². The van der Waals surface area contributed by atoms with Crippen LogP contribution in [0.25, 0.3) is 0 Å². The number of carbonyl (C=O) groups is 1. The minimum Gasteiger partial charge on any atom is -0.465 e. The van der Waals surface area contributed by atoms with Crippen molar-refractivity contribution in [3.05, 3.63) is 77.4 Å². The highest BCUT2D eigenvalue weighted by molar-refractivity contribution is 5.90. The zero-order chi connectivity index (χ0) is 15.8. The molecule has 23 heavy (non-hydrogen) atoms. The number of rotatable bonds is 2. The van der Waals surface area contributed by atoms with E-state index in [9.17, 15) is 4.79 Å². The van der Waals surface area contributed by atoms with Gasteiger partial charge in [0.2, 0.25) is 0 Å². The number of methoxy groups -OCH3 is 1. The SMILES string of the molecule is COC(=O)c1ccc2c(c1)[C@@H]1C=CC[C@H]1[C@@H](c1ccccc1)N2. The van der Waals surface area contributed by atoms with E-state index in [0.717, 1.165) is 12.1 Å². The number of benzene rings is 2. The molecule has 3 nitrogen and oxygen atoms in total. The molecule has 0 fully saturated rings. The molecule has 4 rings (SSSR count). The molecule has 0 saturated carbocycles. The van der Waals surface area contributed by atoms with Gasteiger partial charge in [-0.25, -0.2) is 4.79 Å². The van der Waals surface area contributed by atoms with Crippen molar-refractivity contribution in [3.8, 4) is 0 Å². The summed E-state index contributed by atoms with van der Waals surface area (Å²) < 4.78 is 4.85. The fourth-order valence-electron chi connectivity index (χ4n) is 3.83. The Labute approximate surface area is 136 Å². The minimum absolute atomic E-state index is 0.281. The summed E-state index contributed by atoms with van der Waals surface area (Å²) in [5.74, 6) is 0.551. The van der Waals surface area contributed by atoms with E-state index in [4.69, 9.17) is 4.74 Å². The molecule has 3 heteroatoms. The van der Waals surface area contributed by atoms with E-state index in [1.807, 2.05) is 24.3 Å². The molecule has 0 spiro atoms.